The summed E-state index contributed by atoms with van der Waals surface area (Å²) in [6, 6.07) is 17.2. The summed E-state index contributed by atoms with van der Waals surface area (Å²) in [6.45, 7) is 11.1. The maximum absolute atomic E-state index is 13.0. The van der Waals surface area contributed by atoms with Gasteiger partial charge in [0, 0.05) is 33.0 Å². The number of aromatic nitrogens is 2. The van der Waals surface area contributed by atoms with Crippen LogP contribution in [-0.4, -0.2) is 28.8 Å². The highest BCUT2D eigenvalue weighted by Gasteiger charge is 2.34. The molecule has 39 heavy (non-hydrogen) atoms. The summed E-state index contributed by atoms with van der Waals surface area (Å²) in [5.74, 6) is 0.152. The molecule has 0 aliphatic rings. The highest BCUT2D eigenvalue weighted by atomic mass is 35.5. The SMILES string of the molecule is COC(=O)[C@@H](OC(C)(C)C)c1c(C)nc(-c2ccc(-c3c(C)noc3C)cc2)c(C#N)c1-c1ccc(Cl)cc1. The standard InChI is InChI=1S/C31H30ClN3O4/c1-17-26(29(30(36)37-7)38-31(4,5)6)27(21-12-14-23(32)15-13-21)24(16-33)28(34-17)22-10-8-20(9-11-22)25-18(2)35-39-19(25)3/h8-15,29H,1-7H3/t29-/m0/s1. The molecule has 2 aromatic carbocycles. The molecule has 200 valence electrons. The first-order chi connectivity index (χ1) is 18.4. The molecule has 0 aliphatic heterocycles. The molecule has 0 radical (unpaired) electrons. The number of hydrogen-bond acceptors (Lipinski definition) is 7. The van der Waals surface area contributed by atoms with E-state index in [1.165, 1.54) is 7.11 Å². The fourth-order valence-electron chi connectivity index (χ4n) is 4.65. The lowest BCUT2D eigenvalue weighted by Gasteiger charge is -2.29. The molecule has 0 fully saturated rings. The zero-order valence-electron chi connectivity index (χ0n) is 23.0. The molecule has 0 aliphatic carbocycles. The monoisotopic (exact) mass is 543 g/mol. The van der Waals surface area contributed by atoms with Crippen LogP contribution < -0.4 is 0 Å². The first-order valence-electron chi connectivity index (χ1n) is 12.4. The van der Waals surface area contributed by atoms with Crippen LogP contribution in [-0.2, 0) is 14.3 Å². The third-order valence-corrected chi connectivity index (χ3v) is 6.55. The molecule has 0 amide bonds. The maximum atomic E-state index is 13.0. The van der Waals surface area contributed by atoms with Gasteiger partial charge in [0.2, 0.25) is 0 Å². The number of hydrogen-bond donors (Lipinski definition) is 0. The molecular weight excluding hydrogens is 514 g/mol. The summed E-state index contributed by atoms with van der Waals surface area (Å²) < 4.78 is 16.7. The Morgan fingerprint density at radius 2 is 1.51 bits per heavy atom. The van der Waals surface area contributed by atoms with Crippen molar-refractivity contribution in [2.45, 2.75) is 53.2 Å². The van der Waals surface area contributed by atoms with E-state index in [0.717, 1.165) is 28.1 Å². The van der Waals surface area contributed by atoms with Crippen LogP contribution in [0.4, 0.5) is 0 Å². The summed E-state index contributed by atoms with van der Waals surface area (Å²) in [7, 11) is 1.31. The zero-order chi connectivity index (χ0) is 28.5. The Labute approximate surface area is 233 Å². The molecular formula is C31H30ClN3O4. The minimum Gasteiger partial charge on any atom is -0.467 e. The molecule has 0 spiro atoms. The minimum absolute atomic E-state index is 0.314. The number of methoxy groups -OCH3 is 1. The third-order valence-electron chi connectivity index (χ3n) is 6.30. The normalized spacial score (nSPS) is 12.2. The summed E-state index contributed by atoms with van der Waals surface area (Å²) in [6.07, 6.45) is -1.10. The smallest absolute Gasteiger partial charge is 0.339 e. The number of aryl methyl sites for hydroxylation is 3. The van der Waals surface area contributed by atoms with Gasteiger partial charge in [-0.2, -0.15) is 5.26 Å². The van der Waals surface area contributed by atoms with Crippen LogP contribution >= 0.6 is 11.6 Å². The van der Waals surface area contributed by atoms with E-state index >= 15 is 0 Å². The van der Waals surface area contributed by atoms with Crippen molar-refractivity contribution in [3.63, 3.8) is 0 Å². The lowest BCUT2D eigenvalue weighted by atomic mass is 9.88. The number of nitriles is 1. The molecule has 0 N–H and O–H groups in total. The number of pyridine rings is 1. The molecule has 7 nitrogen and oxygen atoms in total. The second-order valence-electron chi connectivity index (χ2n) is 10.2. The van der Waals surface area contributed by atoms with Crippen molar-refractivity contribution >= 4 is 17.6 Å². The average molecular weight is 544 g/mol. The second-order valence-corrected chi connectivity index (χ2v) is 10.7. The van der Waals surface area contributed by atoms with Gasteiger partial charge in [0.15, 0.2) is 6.10 Å². The van der Waals surface area contributed by atoms with Crippen molar-refractivity contribution in [2.24, 2.45) is 0 Å². The number of carbonyl (C=O) groups excluding carboxylic acids is 1. The highest BCUT2D eigenvalue weighted by molar-refractivity contribution is 6.30. The quantitative estimate of drug-likeness (QED) is 0.231. The highest BCUT2D eigenvalue weighted by Crippen LogP contribution is 2.41. The molecule has 4 aromatic rings. The fraction of sp³-hybridized carbons (Fsp3) is 0.290. The van der Waals surface area contributed by atoms with Crippen molar-refractivity contribution in [3.8, 4) is 39.6 Å². The van der Waals surface area contributed by atoms with Crippen LogP contribution in [0.2, 0.25) is 5.02 Å². The summed E-state index contributed by atoms with van der Waals surface area (Å²) >= 11 is 6.19. The van der Waals surface area contributed by atoms with Gasteiger partial charge in [-0.1, -0.05) is 53.2 Å². The molecule has 4 rings (SSSR count). The topological polar surface area (TPSA) is 98.2 Å². The van der Waals surface area contributed by atoms with Gasteiger partial charge in [-0.15, -0.1) is 0 Å². The van der Waals surface area contributed by atoms with Crippen LogP contribution in [0.1, 0.15) is 55.2 Å². The molecule has 0 bridgehead atoms. The van der Waals surface area contributed by atoms with E-state index in [1.807, 2.05) is 71.0 Å². The van der Waals surface area contributed by atoms with Crippen LogP contribution in [0.15, 0.2) is 53.1 Å². The third kappa shape index (κ3) is 5.73. The van der Waals surface area contributed by atoms with Crippen molar-refractivity contribution in [2.75, 3.05) is 7.11 Å². The van der Waals surface area contributed by atoms with Gasteiger partial charge < -0.3 is 14.0 Å². The van der Waals surface area contributed by atoms with Crippen LogP contribution in [0.25, 0.3) is 33.5 Å². The van der Waals surface area contributed by atoms with Crippen molar-refractivity contribution in [1.29, 1.82) is 5.26 Å². The minimum atomic E-state index is -1.10. The maximum Gasteiger partial charge on any atom is 0.339 e. The first-order valence-corrected chi connectivity index (χ1v) is 12.8. The van der Waals surface area contributed by atoms with Gasteiger partial charge in [0.1, 0.15) is 11.8 Å². The number of halogens is 1. The Morgan fingerprint density at radius 1 is 0.949 bits per heavy atom. The van der Waals surface area contributed by atoms with Gasteiger partial charge in [0.25, 0.3) is 0 Å². The van der Waals surface area contributed by atoms with Gasteiger partial charge >= 0.3 is 5.97 Å². The molecule has 0 unspecified atom stereocenters. The first kappa shape index (κ1) is 28.0. The number of carbonyl (C=O) groups is 1. The largest absolute Gasteiger partial charge is 0.467 e. The van der Waals surface area contributed by atoms with Gasteiger partial charge in [0.05, 0.1) is 29.7 Å². The summed E-state index contributed by atoms with van der Waals surface area (Å²) in [5, 5.41) is 15.1. The van der Waals surface area contributed by atoms with E-state index in [4.69, 9.17) is 30.6 Å². The lowest BCUT2D eigenvalue weighted by Crippen LogP contribution is -2.29. The van der Waals surface area contributed by atoms with E-state index in [2.05, 4.69) is 11.2 Å². The lowest BCUT2D eigenvalue weighted by molar-refractivity contribution is -0.164. The van der Waals surface area contributed by atoms with Crippen LogP contribution in [0, 0.1) is 32.1 Å². The van der Waals surface area contributed by atoms with Crippen molar-refractivity contribution in [3.05, 3.63) is 81.8 Å². The van der Waals surface area contributed by atoms with E-state index < -0.39 is 17.7 Å². The Morgan fingerprint density at radius 3 is 2.03 bits per heavy atom. The number of nitrogens with zero attached hydrogens (tertiary/aromatic N) is 3. The fourth-order valence-corrected chi connectivity index (χ4v) is 4.77. The van der Waals surface area contributed by atoms with Crippen molar-refractivity contribution < 1.29 is 18.8 Å². The Balaban J connectivity index is 1.98. The zero-order valence-corrected chi connectivity index (χ0v) is 23.8. The predicted octanol–water partition coefficient (Wildman–Crippen LogP) is 7.55. The van der Waals surface area contributed by atoms with Crippen molar-refractivity contribution in [1.82, 2.24) is 10.1 Å². The predicted molar refractivity (Wildman–Crippen MR) is 150 cm³/mol. The Bertz CT molecular complexity index is 1540. The van der Waals surface area contributed by atoms with Gasteiger partial charge in [-0.05, 0) is 64.8 Å². The van der Waals surface area contributed by atoms with E-state index in [-0.39, 0.29) is 0 Å². The van der Waals surface area contributed by atoms with E-state index in [9.17, 15) is 10.1 Å². The molecule has 2 heterocycles. The molecule has 8 heteroatoms. The summed E-state index contributed by atoms with van der Waals surface area (Å²) in [5.41, 5.74) is 5.84. The Hall–Kier alpha value is -3.99. The average Bonchev–Trinajstić information content (AvgIpc) is 3.24. The number of rotatable bonds is 6. The van der Waals surface area contributed by atoms with E-state index in [1.54, 1.807) is 19.1 Å². The molecule has 0 saturated heterocycles. The Kier molecular flexibility index (Phi) is 7.91. The number of benzene rings is 2. The van der Waals surface area contributed by atoms with Gasteiger partial charge in [-0.3, -0.25) is 4.98 Å². The van der Waals surface area contributed by atoms with Gasteiger partial charge in [-0.25, -0.2) is 4.79 Å². The summed E-state index contributed by atoms with van der Waals surface area (Å²) in [4.78, 5) is 17.9. The number of esters is 1. The second kappa shape index (κ2) is 11.0. The van der Waals surface area contributed by atoms with E-state index in [0.29, 0.717) is 38.7 Å². The number of ether oxygens (including phenoxy) is 2. The molecule has 0 saturated carbocycles. The molecule has 2 aromatic heterocycles. The van der Waals surface area contributed by atoms with Crippen LogP contribution in [0.3, 0.4) is 0 Å². The molecule has 1 atom stereocenters. The van der Waals surface area contributed by atoms with Crippen LogP contribution in [0.5, 0.6) is 0 Å².